The van der Waals surface area contributed by atoms with Gasteiger partial charge >= 0.3 is 0 Å². The van der Waals surface area contributed by atoms with Crippen molar-refractivity contribution >= 4 is 5.52 Å². The van der Waals surface area contributed by atoms with Crippen molar-refractivity contribution in [3.05, 3.63) is 30.4 Å². The van der Waals surface area contributed by atoms with Gasteiger partial charge in [0.1, 0.15) is 11.6 Å². The van der Waals surface area contributed by atoms with Gasteiger partial charge in [0.15, 0.2) is 0 Å². The number of hydrogen-bond donors (Lipinski definition) is 2. The molecule has 0 aliphatic carbocycles. The van der Waals surface area contributed by atoms with Gasteiger partial charge in [-0.15, -0.1) is 0 Å². The van der Waals surface area contributed by atoms with Crippen molar-refractivity contribution in [1.82, 2.24) is 14.7 Å². The second-order valence-corrected chi connectivity index (χ2v) is 4.77. The SMILES string of the molecule is Oc1ccn2c(CC3CCCNC3)ncc2c1. The van der Waals surface area contributed by atoms with E-state index in [4.69, 9.17) is 0 Å². The van der Waals surface area contributed by atoms with Gasteiger partial charge in [-0.1, -0.05) is 0 Å². The minimum atomic E-state index is 0.295. The first kappa shape index (κ1) is 10.6. The molecule has 0 spiro atoms. The van der Waals surface area contributed by atoms with Gasteiger partial charge in [-0.05, 0) is 37.9 Å². The van der Waals surface area contributed by atoms with Crippen LogP contribution in [-0.4, -0.2) is 27.6 Å². The van der Waals surface area contributed by atoms with Gasteiger partial charge < -0.3 is 14.8 Å². The fourth-order valence-corrected chi connectivity index (χ4v) is 2.55. The zero-order chi connectivity index (χ0) is 11.7. The molecule has 4 nitrogen and oxygen atoms in total. The molecular formula is C13H17N3O. The first-order valence-corrected chi connectivity index (χ1v) is 6.18. The van der Waals surface area contributed by atoms with Gasteiger partial charge in [-0.25, -0.2) is 4.98 Å². The van der Waals surface area contributed by atoms with E-state index in [9.17, 15) is 5.11 Å². The van der Waals surface area contributed by atoms with Crippen LogP contribution in [0.2, 0.25) is 0 Å². The number of nitrogens with one attached hydrogen (secondary N) is 1. The number of aromatic nitrogens is 2. The number of rotatable bonds is 2. The van der Waals surface area contributed by atoms with Crippen LogP contribution < -0.4 is 5.32 Å². The molecule has 0 bridgehead atoms. The lowest BCUT2D eigenvalue weighted by molar-refractivity contribution is 0.370. The average molecular weight is 231 g/mol. The molecule has 1 aliphatic rings. The Labute approximate surface area is 100 Å². The monoisotopic (exact) mass is 231 g/mol. The molecule has 1 unspecified atom stereocenters. The van der Waals surface area contributed by atoms with Crippen LogP contribution in [-0.2, 0) is 6.42 Å². The van der Waals surface area contributed by atoms with Crippen molar-refractivity contribution in [2.45, 2.75) is 19.3 Å². The third-order valence-electron chi connectivity index (χ3n) is 3.46. The number of fused-ring (bicyclic) bond motifs is 1. The van der Waals surface area contributed by atoms with Gasteiger partial charge in [0.2, 0.25) is 0 Å². The van der Waals surface area contributed by atoms with Gasteiger partial charge in [-0.3, -0.25) is 0 Å². The number of aromatic hydroxyl groups is 1. The minimum Gasteiger partial charge on any atom is -0.508 e. The smallest absolute Gasteiger partial charge is 0.119 e. The molecule has 2 aromatic rings. The predicted octanol–water partition coefficient (Wildman–Crippen LogP) is 1.58. The second-order valence-electron chi connectivity index (χ2n) is 4.77. The molecule has 0 radical (unpaired) electrons. The summed E-state index contributed by atoms with van der Waals surface area (Å²) in [7, 11) is 0. The first-order valence-electron chi connectivity index (χ1n) is 6.18. The highest BCUT2D eigenvalue weighted by molar-refractivity contribution is 5.50. The van der Waals surface area contributed by atoms with Crippen molar-refractivity contribution < 1.29 is 5.11 Å². The Balaban J connectivity index is 1.84. The van der Waals surface area contributed by atoms with Gasteiger partial charge in [-0.2, -0.15) is 0 Å². The number of piperidine rings is 1. The van der Waals surface area contributed by atoms with Gasteiger partial charge in [0, 0.05) is 18.7 Å². The lowest BCUT2D eigenvalue weighted by atomic mass is 9.96. The molecule has 2 aromatic heterocycles. The molecule has 0 aromatic carbocycles. The van der Waals surface area contributed by atoms with E-state index in [1.807, 2.05) is 12.4 Å². The third kappa shape index (κ3) is 2.13. The van der Waals surface area contributed by atoms with Crippen LogP contribution in [0.1, 0.15) is 18.7 Å². The topological polar surface area (TPSA) is 49.6 Å². The predicted molar refractivity (Wildman–Crippen MR) is 66.2 cm³/mol. The van der Waals surface area contributed by atoms with E-state index >= 15 is 0 Å². The van der Waals surface area contributed by atoms with Crippen molar-refractivity contribution in [1.29, 1.82) is 0 Å². The van der Waals surface area contributed by atoms with Crippen LogP contribution in [0.15, 0.2) is 24.5 Å². The molecule has 90 valence electrons. The van der Waals surface area contributed by atoms with Crippen LogP contribution in [0.5, 0.6) is 5.75 Å². The van der Waals surface area contributed by atoms with Gasteiger partial charge in [0.05, 0.1) is 11.7 Å². The lowest BCUT2D eigenvalue weighted by Gasteiger charge is -2.22. The summed E-state index contributed by atoms with van der Waals surface area (Å²) in [5.41, 5.74) is 0.962. The van der Waals surface area contributed by atoms with Crippen molar-refractivity contribution in [2.75, 3.05) is 13.1 Å². The molecule has 1 atom stereocenters. The Kier molecular flexibility index (Phi) is 2.73. The highest BCUT2D eigenvalue weighted by Gasteiger charge is 2.16. The molecule has 1 fully saturated rings. The van der Waals surface area contributed by atoms with E-state index in [2.05, 4.69) is 14.7 Å². The maximum Gasteiger partial charge on any atom is 0.119 e. The van der Waals surface area contributed by atoms with Crippen LogP contribution >= 0.6 is 0 Å². The molecule has 0 amide bonds. The van der Waals surface area contributed by atoms with E-state index in [1.165, 1.54) is 12.8 Å². The molecule has 2 N–H and O–H groups in total. The van der Waals surface area contributed by atoms with Crippen LogP contribution in [0.4, 0.5) is 0 Å². The third-order valence-corrected chi connectivity index (χ3v) is 3.46. The molecular weight excluding hydrogens is 214 g/mol. The molecule has 3 rings (SSSR count). The number of hydrogen-bond acceptors (Lipinski definition) is 3. The van der Waals surface area contributed by atoms with E-state index < -0.39 is 0 Å². The fraction of sp³-hybridized carbons (Fsp3) is 0.462. The fourth-order valence-electron chi connectivity index (χ4n) is 2.55. The summed E-state index contributed by atoms with van der Waals surface area (Å²) in [6.07, 6.45) is 7.26. The largest absolute Gasteiger partial charge is 0.508 e. The summed E-state index contributed by atoms with van der Waals surface area (Å²) < 4.78 is 2.06. The Bertz CT molecular complexity index is 514. The molecule has 0 saturated carbocycles. The summed E-state index contributed by atoms with van der Waals surface area (Å²) >= 11 is 0. The van der Waals surface area contributed by atoms with E-state index in [0.29, 0.717) is 11.7 Å². The number of imidazole rings is 1. The van der Waals surface area contributed by atoms with E-state index in [-0.39, 0.29) is 0 Å². The highest BCUT2D eigenvalue weighted by Crippen LogP contribution is 2.19. The van der Waals surface area contributed by atoms with E-state index in [1.54, 1.807) is 12.1 Å². The number of nitrogens with zero attached hydrogens (tertiary/aromatic N) is 2. The summed E-state index contributed by atoms with van der Waals surface area (Å²) in [6, 6.07) is 3.45. The average Bonchev–Trinajstić information content (AvgIpc) is 2.73. The normalized spacial score (nSPS) is 20.8. The minimum absolute atomic E-state index is 0.295. The van der Waals surface area contributed by atoms with Gasteiger partial charge in [0.25, 0.3) is 0 Å². The lowest BCUT2D eigenvalue weighted by Crippen LogP contribution is -2.31. The Morgan fingerprint density at radius 2 is 2.47 bits per heavy atom. The van der Waals surface area contributed by atoms with E-state index in [0.717, 1.165) is 30.9 Å². The molecule has 17 heavy (non-hydrogen) atoms. The zero-order valence-corrected chi connectivity index (χ0v) is 9.76. The number of pyridine rings is 1. The van der Waals surface area contributed by atoms with Crippen LogP contribution in [0, 0.1) is 5.92 Å². The Morgan fingerprint density at radius 3 is 3.29 bits per heavy atom. The zero-order valence-electron chi connectivity index (χ0n) is 9.76. The quantitative estimate of drug-likeness (QED) is 0.825. The summed E-state index contributed by atoms with van der Waals surface area (Å²) in [4.78, 5) is 4.45. The maximum absolute atomic E-state index is 9.41. The van der Waals surface area contributed by atoms with Crippen molar-refractivity contribution in [2.24, 2.45) is 5.92 Å². The maximum atomic E-state index is 9.41. The second kappa shape index (κ2) is 4.37. The summed E-state index contributed by atoms with van der Waals surface area (Å²) in [6.45, 7) is 2.24. The van der Waals surface area contributed by atoms with Crippen molar-refractivity contribution in [3.8, 4) is 5.75 Å². The highest BCUT2D eigenvalue weighted by atomic mass is 16.3. The molecule has 3 heterocycles. The molecule has 1 saturated heterocycles. The van der Waals surface area contributed by atoms with Crippen molar-refractivity contribution in [3.63, 3.8) is 0 Å². The Hall–Kier alpha value is -1.55. The first-order chi connectivity index (χ1) is 8.33. The van der Waals surface area contributed by atoms with Crippen LogP contribution in [0.25, 0.3) is 5.52 Å². The standard InChI is InChI=1S/C13H17N3O/c17-12-3-5-16-11(7-12)9-15-13(16)6-10-2-1-4-14-8-10/h3,5,7,9-10,14,17H,1-2,4,6,8H2. The van der Waals surface area contributed by atoms with Crippen LogP contribution in [0.3, 0.4) is 0 Å². The molecule has 4 heteroatoms. The molecule has 1 aliphatic heterocycles. The summed E-state index contributed by atoms with van der Waals surface area (Å²) in [5, 5.41) is 12.8. The summed E-state index contributed by atoms with van der Waals surface area (Å²) in [5.74, 6) is 2.07. The Morgan fingerprint density at radius 1 is 1.53 bits per heavy atom.